The number of nitrogens with one attached hydrogen (secondary N) is 2. The molecule has 0 spiro atoms. The van der Waals surface area contributed by atoms with E-state index >= 15 is 0 Å². The molecule has 1 saturated heterocycles. The highest BCUT2D eigenvalue weighted by Crippen LogP contribution is 2.24. The third-order valence-electron chi connectivity index (χ3n) is 6.51. The van der Waals surface area contributed by atoms with Gasteiger partial charge >= 0.3 is 0 Å². The number of hydrogen-bond acceptors (Lipinski definition) is 5. The van der Waals surface area contributed by atoms with Crippen LogP contribution in [0.5, 0.6) is 5.75 Å². The number of nitrogens with zero attached hydrogens (tertiary/aromatic N) is 1. The molecule has 0 radical (unpaired) electrons. The van der Waals surface area contributed by atoms with Gasteiger partial charge in [-0.1, -0.05) is 23.8 Å². The first-order valence-electron chi connectivity index (χ1n) is 12.1. The zero-order valence-electron chi connectivity index (χ0n) is 20.5. The summed E-state index contributed by atoms with van der Waals surface area (Å²) in [5, 5.41) is 5.82. The average molecular weight is 490 g/mol. The second-order valence-electron chi connectivity index (χ2n) is 8.98. The summed E-state index contributed by atoms with van der Waals surface area (Å²) < 4.78 is 10.5. The van der Waals surface area contributed by atoms with Crippen LogP contribution in [0, 0.1) is 12.8 Å². The summed E-state index contributed by atoms with van der Waals surface area (Å²) in [6, 6.07) is 17.1. The van der Waals surface area contributed by atoms with Gasteiger partial charge in [0.25, 0.3) is 11.8 Å². The van der Waals surface area contributed by atoms with Crippen LogP contribution in [0.3, 0.4) is 0 Å². The quantitative estimate of drug-likeness (QED) is 0.504. The predicted molar refractivity (Wildman–Crippen MR) is 135 cm³/mol. The van der Waals surface area contributed by atoms with Gasteiger partial charge in [-0.3, -0.25) is 14.4 Å². The van der Waals surface area contributed by atoms with Crippen molar-refractivity contribution in [2.45, 2.75) is 32.4 Å². The van der Waals surface area contributed by atoms with Crippen molar-refractivity contribution in [3.63, 3.8) is 0 Å². The van der Waals surface area contributed by atoms with Crippen LogP contribution >= 0.6 is 0 Å². The maximum Gasteiger partial charge on any atom is 0.253 e. The second-order valence-corrected chi connectivity index (χ2v) is 8.98. The van der Waals surface area contributed by atoms with Crippen LogP contribution in [0.15, 0.2) is 71.3 Å². The van der Waals surface area contributed by atoms with Gasteiger partial charge in [0, 0.05) is 24.2 Å². The molecule has 1 atom stereocenters. The van der Waals surface area contributed by atoms with Crippen LogP contribution in [0.2, 0.25) is 0 Å². The van der Waals surface area contributed by atoms with Gasteiger partial charge in [0.15, 0.2) is 0 Å². The molecule has 4 rings (SSSR count). The Bertz CT molecular complexity index is 1180. The van der Waals surface area contributed by atoms with Crippen LogP contribution in [-0.4, -0.2) is 48.9 Å². The predicted octanol–water partition coefficient (Wildman–Crippen LogP) is 3.56. The van der Waals surface area contributed by atoms with Gasteiger partial charge in [-0.25, -0.2) is 0 Å². The highest BCUT2D eigenvalue weighted by Gasteiger charge is 2.34. The van der Waals surface area contributed by atoms with Crippen molar-refractivity contribution in [2.75, 3.05) is 20.2 Å². The van der Waals surface area contributed by atoms with E-state index in [2.05, 4.69) is 10.6 Å². The molecular weight excluding hydrogens is 458 g/mol. The number of ether oxygens (including phenoxy) is 1. The highest BCUT2D eigenvalue weighted by molar-refractivity contribution is 5.98. The van der Waals surface area contributed by atoms with Gasteiger partial charge in [-0.15, -0.1) is 0 Å². The Morgan fingerprint density at radius 3 is 2.44 bits per heavy atom. The minimum atomic E-state index is -0.733. The molecule has 8 nitrogen and oxygen atoms in total. The highest BCUT2D eigenvalue weighted by atomic mass is 16.5. The Kier molecular flexibility index (Phi) is 8.05. The minimum Gasteiger partial charge on any atom is -0.497 e. The lowest BCUT2D eigenvalue weighted by atomic mass is 9.88. The van der Waals surface area contributed by atoms with Crippen LogP contribution in [0.4, 0.5) is 0 Å². The van der Waals surface area contributed by atoms with Crippen molar-refractivity contribution in [3.05, 3.63) is 89.4 Å². The van der Waals surface area contributed by atoms with E-state index < -0.39 is 6.04 Å². The number of hydrogen-bond donors (Lipinski definition) is 2. The molecule has 0 aliphatic carbocycles. The molecule has 36 heavy (non-hydrogen) atoms. The van der Waals surface area contributed by atoms with E-state index in [9.17, 15) is 14.4 Å². The van der Waals surface area contributed by atoms with Gasteiger partial charge in [-0.2, -0.15) is 0 Å². The first-order valence-corrected chi connectivity index (χ1v) is 12.1. The van der Waals surface area contributed by atoms with Gasteiger partial charge in [0.05, 0.1) is 19.9 Å². The second kappa shape index (κ2) is 11.6. The zero-order valence-corrected chi connectivity index (χ0v) is 20.5. The first kappa shape index (κ1) is 25.0. The van der Waals surface area contributed by atoms with E-state index in [4.69, 9.17) is 9.15 Å². The van der Waals surface area contributed by atoms with Gasteiger partial charge in [0.1, 0.15) is 17.6 Å². The average Bonchev–Trinajstić information content (AvgIpc) is 3.44. The van der Waals surface area contributed by atoms with Gasteiger partial charge in [-0.05, 0) is 68.1 Å². The fraction of sp³-hybridized carbons (Fsp3) is 0.321. The molecule has 2 N–H and O–H groups in total. The summed E-state index contributed by atoms with van der Waals surface area (Å²) in [6.45, 7) is 3.16. The molecule has 1 aromatic heterocycles. The number of aryl methyl sites for hydroxylation is 1. The summed E-state index contributed by atoms with van der Waals surface area (Å²) in [5.74, 6) is 0.487. The number of likely N-dealkylation sites (tertiary alicyclic amines) is 1. The van der Waals surface area contributed by atoms with Crippen molar-refractivity contribution >= 4 is 17.7 Å². The molecule has 188 valence electrons. The summed E-state index contributed by atoms with van der Waals surface area (Å²) >= 11 is 0. The largest absolute Gasteiger partial charge is 0.497 e. The van der Waals surface area contributed by atoms with Crippen LogP contribution in [0.25, 0.3) is 0 Å². The number of carbonyl (C=O) groups is 3. The standard InChI is InChI=1S/C28H31N3O5/c1-19-8-10-21(11-9-19)26(32)30-25(27(33)29-18-24-7-4-16-36-24)20-12-14-31(15-13-20)28(34)22-5-3-6-23(17-22)35-2/h3-11,16-17,20,25H,12-15,18H2,1-2H3,(H,29,33)(H,30,32)/t25-/m0/s1. The lowest BCUT2D eigenvalue weighted by Crippen LogP contribution is -2.53. The minimum absolute atomic E-state index is 0.0742. The Morgan fingerprint density at radius 1 is 1.03 bits per heavy atom. The molecular formula is C28H31N3O5. The number of furan rings is 1. The molecule has 1 aliphatic heterocycles. The maximum atomic E-state index is 13.2. The molecule has 0 saturated carbocycles. The maximum absolute atomic E-state index is 13.2. The third-order valence-corrected chi connectivity index (χ3v) is 6.51. The number of rotatable bonds is 8. The van der Waals surface area contributed by atoms with E-state index in [1.54, 1.807) is 66.8 Å². The monoisotopic (exact) mass is 489 g/mol. The van der Waals surface area contributed by atoms with Crippen LogP contribution in [0.1, 0.15) is 44.9 Å². The molecule has 1 aliphatic rings. The Balaban J connectivity index is 1.44. The zero-order chi connectivity index (χ0) is 25.5. The van der Waals surface area contributed by atoms with Crippen molar-refractivity contribution in [3.8, 4) is 5.75 Å². The summed E-state index contributed by atoms with van der Waals surface area (Å²) in [4.78, 5) is 41.0. The van der Waals surface area contributed by atoms with Crippen LogP contribution < -0.4 is 15.4 Å². The molecule has 2 heterocycles. The lowest BCUT2D eigenvalue weighted by molar-refractivity contribution is -0.124. The molecule has 8 heteroatoms. The van der Waals surface area contributed by atoms with Crippen molar-refractivity contribution in [1.29, 1.82) is 0 Å². The van der Waals surface area contributed by atoms with Crippen LogP contribution in [-0.2, 0) is 11.3 Å². The molecule has 2 aromatic carbocycles. The van der Waals surface area contributed by atoms with Gasteiger partial charge in [0.2, 0.25) is 5.91 Å². The number of benzene rings is 2. The Hall–Kier alpha value is -4.07. The van der Waals surface area contributed by atoms with Gasteiger partial charge < -0.3 is 24.7 Å². The molecule has 3 aromatic rings. The lowest BCUT2D eigenvalue weighted by Gasteiger charge is -2.36. The first-order chi connectivity index (χ1) is 17.4. The van der Waals surface area contributed by atoms with E-state index in [1.165, 1.54) is 0 Å². The fourth-order valence-corrected chi connectivity index (χ4v) is 4.40. The SMILES string of the molecule is COc1cccc(C(=O)N2CCC([C@H](NC(=O)c3ccc(C)cc3)C(=O)NCc3ccco3)CC2)c1. The number of amides is 3. The van der Waals surface area contributed by atoms with Crippen molar-refractivity contribution < 1.29 is 23.5 Å². The normalized spacial score (nSPS) is 14.7. The summed E-state index contributed by atoms with van der Waals surface area (Å²) in [5.41, 5.74) is 2.11. The van der Waals surface area contributed by atoms with E-state index in [-0.39, 0.29) is 30.2 Å². The number of piperidine rings is 1. The smallest absolute Gasteiger partial charge is 0.253 e. The molecule has 1 fully saturated rings. The van der Waals surface area contributed by atoms with E-state index in [0.717, 1.165) is 5.56 Å². The van der Waals surface area contributed by atoms with E-state index in [1.807, 2.05) is 19.1 Å². The fourth-order valence-electron chi connectivity index (χ4n) is 4.40. The summed E-state index contributed by atoms with van der Waals surface area (Å²) in [6.07, 6.45) is 2.72. The van der Waals surface area contributed by atoms with E-state index in [0.29, 0.717) is 48.6 Å². The Morgan fingerprint density at radius 2 is 1.78 bits per heavy atom. The number of carbonyl (C=O) groups excluding carboxylic acids is 3. The van der Waals surface area contributed by atoms with Crippen molar-refractivity contribution in [1.82, 2.24) is 15.5 Å². The molecule has 3 amide bonds. The third kappa shape index (κ3) is 6.13. The number of methoxy groups -OCH3 is 1. The molecule has 0 unspecified atom stereocenters. The Labute approximate surface area is 210 Å². The molecule has 0 bridgehead atoms. The topological polar surface area (TPSA) is 101 Å². The summed E-state index contributed by atoms with van der Waals surface area (Å²) in [7, 11) is 1.57. The van der Waals surface area contributed by atoms with Crippen molar-refractivity contribution in [2.24, 2.45) is 5.92 Å².